The van der Waals surface area contributed by atoms with Gasteiger partial charge in [0.15, 0.2) is 0 Å². The van der Waals surface area contributed by atoms with Gasteiger partial charge in [-0.25, -0.2) is 4.79 Å². The molecule has 0 saturated carbocycles. The van der Waals surface area contributed by atoms with E-state index in [0.29, 0.717) is 18.8 Å². The third-order valence-electron chi connectivity index (χ3n) is 2.53. The Labute approximate surface area is 88.3 Å². The Balaban J connectivity index is 2.30. The highest BCUT2D eigenvalue weighted by Crippen LogP contribution is 2.21. The molecule has 1 unspecified atom stereocenters. The molecule has 0 bridgehead atoms. The highest BCUT2D eigenvalue weighted by molar-refractivity contribution is 7.99. The Morgan fingerprint density at radius 2 is 2.43 bits per heavy atom. The van der Waals surface area contributed by atoms with Gasteiger partial charge in [0.2, 0.25) is 0 Å². The van der Waals surface area contributed by atoms with Crippen LogP contribution in [-0.2, 0) is 0 Å². The van der Waals surface area contributed by atoms with Crippen LogP contribution in [0.3, 0.4) is 0 Å². The molecule has 0 aliphatic carbocycles. The van der Waals surface area contributed by atoms with Gasteiger partial charge in [0, 0.05) is 24.8 Å². The average Bonchev–Trinajstić information content (AvgIpc) is 2.62. The van der Waals surface area contributed by atoms with Crippen molar-refractivity contribution in [3.05, 3.63) is 0 Å². The van der Waals surface area contributed by atoms with Crippen molar-refractivity contribution in [1.29, 1.82) is 0 Å². The summed E-state index contributed by atoms with van der Waals surface area (Å²) in [7, 11) is 0. The van der Waals surface area contributed by atoms with E-state index in [-0.39, 0.29) is 12.0 Å². The second kappa shape index (κ2) is 5.46. The largest absolute Gasteiger partial charge is 0.465 e. The van der Waals surface area contributed by atoms with Crippen molar-refractivity contribution in [2.24, 2.45) is 5.92 Å². The Hall–Kier alpha value is -0.420. The lowest BCUT2D eigenvalue weighted by molar-refractivity contribution is 0.125. The standard InChI is InChI=1S/C9H17NO3S/c1-2-14-6-8(11)7-3-4-10(5-7)9(12)13/h7-8,11H,2-6H2,1H3,(H,12,13)/t7?,8-/m0/s1. The number of nitrogens with zero attached hydrogens (tertiary/aromatic N) is 1. The van der Waals surface area contributed by atoms with E-state index in [1.54, 1.807) is 11.8 Å². The van der Waals surface area contributed by atoms with Gasteiger partial charge in [-0.1, -0.05) is 6.92 Å². The predicted molar refractivity (Wildman–Crippen MR) is 56.7 cm³/mol. The van der Waals surface area contributed by atoms with Gasteiger partial charge in [-0.05, 0) is 12.2 Å². The summed E-state index contributed by atoms with van der Waals surface area (Å²) in [6.07, 6.45) is -0.440. The van der Waals surface area contributed by atoms with E-state index in [2.05, 4.69) is 6.92 Å². The minimum Gasteiger partial charge on any atom is -0.465 e. The first-order chi connectivity index (χ1) is 6.65. The number of hydrogen-bond donors (Lipinski definition) is 2. The van der Waals surface area contributed by atoms with Gasteiger partial charge in [0.05, 0.1) is 6.10 Å². The molecule has 0 aromatic carbocycles. The van der Waals surface area contributed by atoms with Gasteiger partial charge >= 0.3 is 6.09 Å². The third-order valence-corrected chi connectivity index (χ3v) is 3.52. The van der Waals surface area contributed by atoms with Crippen molar-refractivity contribution < 1.29 is 15.0 Å². The van der Waals surface area contributed by atoms with Crippen LogP contribution in [-0.4, -0.2) is 51.9 Å². The molecule has 1 fully saturated rings. The highest BCUT2D eigenvalue weighted by atomic mass is 32.2. The number of carbonyl (C=O) groups is 1. The number of rotatable bonds is 4. The van der Waals surface area contributed by atoms with Crippen LogP contribution in [0.5, 0.6) is 0 Å². The zero-order chi connectivity index (χ0) is 10.6. The molecule has 0 aromatic rings. The number of carboxylic acid groups (broad SMARTS) is 1. The Kier molecular flexibility index (Phi) is 4.54. The van der Waals surface area contributed by atoms with Crippen LogP contribution in [0.1, 0.15) is 13.3 Å². The van der Waals surface area contributed by atoms with Gasteiger partial charge in [0.25, 0.3) is 0 Å². The van der Waals surface area contributed by atoms with Crippen molar-refractivity contribution in [3.63, 3.8) is 0 Å². The molecule has 1 heterocycles. The van der Waals surface area contributed by atoms with Crippen LogP contribution in [0.2, 0.25) is 0 Å². The smallest absolute Gasteiger partial charge is 0.407 e. The van der Waals surface area contributed by atoms with E-state index < -0.39 is 6.09 Å². The van der Waals surface area contributed by atoms with Crippen LogP contribution in [0.4, 0.5) is 4.79 Å². The molecule has 0 spiro atoms. The summed E-state index contributed by atoms with van der Waals surface area (Å²) >= 11 is 1.70. The first kappa shape index (κ1) is 11.7. The van der Waals surface area contributed by atoms with Crippen LogP contribution < -0.4 is 0 Å². The Morgan fingerprint density at radius 1 is 1.71 bits per heavy atom. The summed E-state index contributed by atoms with van der Waals surface area (Å²) < 4.78 is 0. The summed E-state index contributed by atoms with van der Waals surface area (Å²) in [5.74, 6) is 1.84. The number of likely N-dealkylation sites (tertiary alicyclic amines) is 1. The SMILES string of the molecule is CCSC[C@H](O)C1CCN(C(=O)O)C1. The maximum Gasteiger partial charge on any atom is 0.407 e. The molecule has 2 N–H and O–H groups in total. The maximum atomic E-state index is 10.6. The number of hydrogen-bond acceptors (Lipinski definition) is 3. The maximum absolute atomic E-state index is 10.6. The van der Waals surface area contributed by atoms with E-state index in [9.17, 15) is 9.90 Å². The molecule has 1 aliphatic heterocycles. The monoisotopic (exact) mass is 219 g/mol. The molecule has 82 valence electrons. The van der Waals surface area contributed by atoms with Crippen LogP contribution in [0.25, 0.3) is 0 Å². The number of aliphatic hydroxyl groups excluding tert-OH is 1. The molecule has 1 amide bonds. The van der Waals surface area contributed by atoms with Gasteiger partial charge < -0.3 is 15.1 Å². The lowest BCUT2D eigenvalue weighted by Crippen LogP contribution is -2.30. The lowest BCUT2D eigenvalue weighted by atomic mass is 10.0. The van der Waals surface area contributed by atoms with E-state index in [1.165, 1.54) is 4.90 Å². The topological polar surface area (TPSA) is 60.8 Å². The number of amides is 1. The van der Waals surface area contributed by atoms with E-state index in [0.717, 1.165) is 12.2 Å². The Morgan fingerprint density at radius 3 is 2.93 bits per heavy atom. The molecule has 1 rings (SSSR count). The molecule has 0 radical (unpaired) electrons. The molecular formula is C9H17NO3S. The quantitative estimate of drug-likeness (QED) is 0.743. The normalized spacial score (nSPS) is 23.9. The van der Waals surface area contributed by atoms with Crippen LogP contribution in [0, 0.1) is 5.92 Å². The predicted octanol–water partition coefficient (Wildman–Crippen LogP) is 1.10. The zero-order valence-corrected chi connectivity index (χ0v) is 9.16. The lowest BCUT2D eigenvalue weighted by Gasteiger charge is -2.17. The van der Waals surface area contributed by atoms with E-state index in [4.69, 9.17) is 5.11 Å². The molecule has 0 aromatic heterocycles. The summed E-state index contributed by atoms with van der Waals surface area (Å²) in [4.78, 5) is 12.0. The molecule has 14 heavy (non-hydrogen) atoms. The van der Waals surface area contributed by atoms with Gasteiger partial charge in [0.1, 0.15) is 0 Å². The fraction of sp³-hybridized carbons (Fsp3) is 0.889. The highest BCUT2D eigenvalue weighted by Gasteiger charge is 2.30. The second-order valence-corrected chi connectivity index (χ2v) is 4.82. The zero-order valence-electron chi connectivity index (χ0n) is 8.35. The second-order valence-electron chi connectivity index (χ2n) is 3.50. The van der Waals surface area contributed by atoms with E-state index >= 15 is 0 Å². The molecule has 4 nitrogen and oxygen atoms in total. The summed E-state index contributed by atoms with van der Waals surface area (Å²) in [6.45, 7) is 3.10. The fourth-order valence-corrected chi connectivity index (χ4v) is 2.40. The average molecular weight is 219 g/mol. The number of thioether (sulfide) groups is 1. The Bertz CT molecular complexity index is 200. The van der Waals surface area contributed by atoms with Crippen LogP contribution >= 0.6 is 11.8 Å². The molecular weight excluding hydrogens is 202 g/mol. The van der Waals surface area contributed by atoms with Crippen LogP contribution in [0.15, 0.2) is 0 Å². The van der Waals surface area contributed by atoms with Crippen molar-refractivity contribution in [2.45, 2.75) is 19.4 Å². The molecule has 2 atom stereocenters. The minimum absolute atomic E-state index is 0.130. The summed E-state index contributed by atoms with van der Waals surface area (Å²) in [5, 5.41) is 18.5. The summed E-state index contributed by atoms with van der Waals surface area (Å²) in [6, 6.07) is 0. The first-order valence-corrected chi connectivity index (χ1v) is 6.04. The molecule has 1 aliphatic rings. The minimum atomic E-state index is -0.872. The van der Waals surface area contributed by atoms with Crippen molar-refractivity contribution in [3.8, 4) is 0 Å². The van der Waals surface area contributed by atoms with Gasteiger partial charge in [-0.15, -0.1) is 0 Å². The van der Waals surface area contributed by atoms with E-state index in [1.807, 2.05) is 0 Å². The number of aliphatic hydroxyl groups is 1. The molecule has 5 heteroatoms. The fourth-order valence-electron chi connectivity index (χ4n) is 1.65. The molecule has 1 saturated heterocycles. The summed E-state index contributed by atoms with van der Waals surface area (Å²) in [5.41, 5.74) is 0. The van der Waals surface area contributed by atoms with Gasteiger partial charge in [-0.3, -0.25) is 0 Å². The van der Waals surface area contributed by atoms with Crippen molar-refractivity contribution in [2.75, 3.05) is 24.6 Å². The third kappa shape index (κ3) is 3.06. The van der Waals surface area contributed by atoms with Gasteiger partial charge in [-0.2, -0.15) is 11.8 Å². The van der Waals surface area contributed by atoms with Crippen molar-refractivity contribution in [1.82, 2.24) is 4.90 Å². The first-order valence-electron chi connectivity index (χ1n) is 4.88. The van der Waals surface area contributed by atoms with Crippen molar-refractivity contribution >= 4 is 17.9 Å².